The number of nitrogens with zero attached hydrogens (tertiary/aromatic N) is 5. The molecule has 0 radical (unpaired) electrons. The molecule has 0 saturated carbocycles. The molecular formula is C14H17F3N6. The molecule has 23 heavy (non-hydrogen) atoms. The Morgan fingerprint density at radius 2 is 2.09 bits per heavy atom. The summed E-state index contributed by atoms with van der Waals surface area (Å²) in [7, 11) is 0. The van der Waals surface area contributed by atoms with Gasteiger partial charge in [0, 0.05) is 24.7 Å². The first kappa shape index (κ1) is 15.7. The van der Waals surface area contributed by atoms with E-state index in [4.69, 9.17) is 0 Å². The minimum absolute atomic E-state index is 0.0687. The Bertz CT molecular complexity index is 709. The van der Waals surface area contributed by atoms with Crippen molar-refractivity contribution in [2.45, 2.75) is 46.0 Å². The number of nitrogens with one attached hydrogen (secondary N) is 1. The van der Waals surface area contributed by atoms with E-state index >= 15 is 0 Å². The van der Waals surface area contributed by atoms with Crippen molar-refractivity contribution in [3.8, 4) is 0 Å². The summed E-state index contributed by atoms with van der Waals surface area (Å²) >= 11 is 0. The van der Waals surface area contributed by atoms with Crippen molar-refractivity contribution in [2.24, 2.45) is 5.92 Å². The highest BCUT2D eigenvalue weighted by molar-refractivity contribution is 5.41. The molecule has 124 valence electrons. The fourth-order valence-corrected chi connectivity index (χ4v) is 2.65. The highest BCUT2D eigenvalue weighted by Crippen LogP contribution is 2.34. The van der Waals surface area contributed by atoms with Gasteiger partial charge in [-0.1, -0.05) is 0 Å². The molecule has 1 aliphatic rings. The predicted octanol–water partition coefficient (Wildman–Crippen LogP) is 2.42. The van der Waals surface area contributed by atoms with Crippen LogP contribution in [0.5, 0.6) is 0 Å². The molecule has 6 nitrogen and oxygen atoms in total. The smallest absolute Gasteiger partial charge is 0.362 e. The Morgan fingerprint density at radius 3 is 2.83 bits per heavy atom. The zero-order chi connectivity index (χ0) is 16.6. The van der Waals surface area contributed by atoms with Crippen molar-refractivity contribution >= 4 is 5.82 Å². The van der Waals surface area contributed by atoms with E-state index in [1.165, 1.54) is 0 Å². The zero-order valence-electron chi connectivity index (χ0n) is 12.9. The summed E-state index contributed by atoms with van der Waals surface area (Å²) in [4.78, 5) is 8.36. The standard InChI is InChI=1S/C14H17F3N6/c1-8-5-18-9(2)20-13(8)19-6-12-22-21-11-4-3-10(7-23(11)12)14(15,16)17/h5,10H,3-4,6-7H2,1-2H3,(H,18,19,20). The maximum absolute atomic E-state index is 12.9. The molecule has 0 aromatic carbocycles. The summed E-state index contributed by atoms with van der Waals surface area (Å²) in [5.41, 5.74) is 0.863. The minimum atomic E-state index is -4.19. The van der Waals surface area contributed by atoms with Gasteiger partial charge >= 0.3 is 6.18 Å². The second-order valence-electron chi connectivity index (χ2n) is 5.72. The highest BCUT2D eigenvalue weighted by Gasteiger charge is 2.42. The Hall–Kier alpha value is -2.19. The molecule has 0 aliphatic carbocycles. The monoisotopic (exact) mass is 326 g/mol. The van der Waals surface area contributed by atoms with Crippen LogP contribution in [0.2, 0.25) is 0 Å². The number of fused-ring (bicyclic) bond motifs is 1. The van der Waals surface area contributed by atoms with Gasteiger partial charge in [-0.3, -0.25) is 0 Å². The van der Waals surface area contributed by atoms with Gasteiger partial charge < -0.3 is 9.88 Å². The molecule has 9 heteroatoms. The maximum Gasteiger partial charge on any atom is 0.393 e. The molecule has 0 amide bonds. The first-order valence-corrected chi connectivity index (χ1v) is 7.36. The third-order valence-electron chi connectivity index (χ3n) is 3.99. The Kier molecular flexibility index (Phi) is 3.95. The van der Waals surface area contributed by atoms with Crippen LogP contribution in [0.25, 0.3) is 0 Å². The number of alkyl halides is 3. The Labute approximate surface area is 131 Å². The number of rotatable bonds is 3. The lowest BCUT2D eigenvalue weighted by Gasteiger charge is -2.26. The van der Waals surface area contributed by atoms with Crippen molar-refractivity contribution in [1.82, 2.24) is 24.7 Å². The molecule has 1 aliphatic heterocycles. The molecule has 0 bridgehead atoms. The summed E-state index contributed by atoms with van der Waals surface area (Å²) < 4.78 is 40.4. The topological polar surface area (TPSA) is 68.5 Å². The van der Waals surface area contributed by atoms with E-state index in [2.05, 4.69) is 25.5 Å². The van der Waals surface area contributed by atoms with Crippen LogP contribution in [0.15, 0.2) is 6.20 Å². The van der Waals surface area contributed by atoms with Crippen LogP contribution in [0, 0.1) is 19.8 Å². The van der Waals surface area contributed by atoms with Gasteiger partial charge in [0.25, 0.3) is 0 Å². The van der Waals surface area contributed by atoms with E-state index in [1.54, 1.807) is 17.7 Å². The SMILES string of the molecule is Cc1ncc(C)c(NCc2nnc3n2CC(C(F)(F)F)CC3)n1. The molecule has 0 fully saturated rings. The molecule has 3 rings (SSSR count). The predicted molar refractivity (Wildman–Crippen MR) is 76.7 cm³/mol. The van der Waals surface area contributed by atoms with E-state index in [9.17, 15) is 13.2 Å². The molecule has 3 heterocycles. The lowest BCUT2D eigenvalue weighted by atomic mass is 9.99. The second-order valence-corrected chi connectivity index (χ2v) is 5.72. The summed E-state index contributed by atoms with van der Waals surface area (Å²) in [6, 6.07) is 0. The second kappa shape index (κ2) is 5.78. The fourth-order valence-electron chi connectivity index (χ4n) is 2.65. The van der Waals surface area contributed by atoms with Crippen LogP contribution in [0.1, 0.15) is 29.5 Å². The van der Waals surface area contributed by atoms with Gasteiger partial charge in [0.05, 0.1) is 12.5 Å². The van der Waals surface area contributed by atoms with E-state index < -0.39 is 12.1 Å². The number of aromatic nitrogens is 5. The number of halogens is 3. The Balaban J connectivity index is 1.76. The molecule has 1 N–H and O–H groups in total. The lowest BCUT2D eigenvalue weighted by molar-refractivity contribution is -0.182. The minimum Gasteiger partial charge on any atom is -0.362 e. The molecule has 2 aromatic rings. The summed E-state index contributed by atoms with van der Waals surface area (Å²) in [5, 5.41) is 11.1. The van der Waals surface area contributed by atoms with Gasteiger partial charge in [0.1, 0.15) is 17.5 Å². The van der Waals surface area contributed by atoms with Crippen LogP contribution in [-0.2, 0) is 19.5 Å². The van der Waals surface area contributed by atoms with Crippen molar-refractivity contribution in [2.75, 3.05) is 5.32 Å². The van der Waals surface area contributed by atoms with Crippen LogP contribution in [0.3, 0.4) is 0 Å². The quantitative estimate of drug-likeness (QED) is 0.938. The Morgan fingerprint density at radius 1 is 1.30 bits per heavy atom. The average Bonchev–Trinajstić information content (AvgIpc) is 2.89. The van der Waals surface area contributed by atoms with Gasteiger partial charge in [-0.2, -0.15) is 13.2 Å². The van der Waals surface area contributed by atoms with Gasteiger partial charge in [-0.15, -0.1) is 10.2 Å². The zero-order valence-corrected chi connectivity index (χ0v) is 12.9. The van der Waals surface area contributed by atoms with E-state index in [0.29, 0.717) is 29.7 Å². The third kappa shape index (κ3) is 3.27. The molecular weight excluding hydrogens is 309 g/mol. The number of aryl methyl sites for hydroxylation is 3. The summed E-state index contributed by atoms with van der Waals surface area (Å²) in [5.74, 6) is 1.03. The van der Waals surface area contributed by atoms with E-state index in [1.807, 2.05) is 6.92 Å². The molecule has 0 saturated heterocycles. The van der Waals surface area contributed by atoms with Crippen LogP contribution < -0.4 is 5.32 Å². The fraction of sp³-hybridized carbons (Fsp3) is 0.571. The average molecular weight is 326 g/mol. The number of anilines is 1. The van der Waals surface area contributed by atoms with Gasteiger partial charge in [-0.05, 0) is 20.3 Å². The normalized spacial score (nSPS) is 17.9. The first-order chi connectivity index (χ1) is 10.8. The largest absolute Gasteiger partial charge is 0.393 e. The highest BCUT2D eigenvalue weighted by atomic mass is 19.4. The molecule has 0 spiro atoms. The maximum atomic E-state index is 12.9. The van der Waals surface area contributed by atoms with Crippen molar-refractivity contribution in [3.63, 3.8) is 0 Å². The van der Waals surface area contributed by atoms with Crippen LogP contribution in [0.4, 0.5) is 19.0 Å². The van der Waals surface area contributed by atoms with Gasteiger partial charge in [0.15, 0.2) is 5.82 Å². The summed E-state index contributed by atoms with van der Waals surface area (Å²) in [6.07, 6.45) is -2.13. The lowest BCUT2D eigenvalue weighted by Crippen LogP contribution is -2.33. The molecule has 1 atom stereocenters. The van der Waals surface area contributed by atoms with Crippen LogP contribution in [-0.4, -0.2) is 30.9 Å². The molecule has 1 unspecified atom stereocenters. The first-order valence-electron chi connectivity index (χ1n) is 7.36. The van der Waals surface area contributed by atoms with Crippen molar-refractivity contribution in [3.05, 3.63) is 29.2 Å². The molecule has 2 aromatic heterocycles. The van der Waals surface area contributed by atoms with E-state index in [-0.39, 0.29) is 19.5 Å². The van der Waals surface area contributed by atoms with Crippen molar-refractivity contribution in [1.29, 1.82) is 0 Å². The number of hydrogen-bond acceptors (Lipinski definition) is 5. The third-order valence-corrected chi connectivity index (χ3v) is 3.99. The van der Waals surface area contributed by atoms with Gasteiger partial charge in [-0.25, -0.2) is 9.97 Å². The van der Waals surface area contributed by atoms with Gasteiger partial charge in [0.2, 0.25) is 0 Å². The van der Waals surface area contributed by atoms with E-state index in [0.717, 1.165) is 5.56 Å². The van der Waals surface area contributed by atoms with Crippen molar-refractivity contribution < 1.29 is 13.2 Å². The number of hydrogen-bond donors (Lipinski definition) is 1. The summed E-state index contributed by atoms with van der Waals surface area (Å²) in [6.45, 7) is 3.79. The van der Waals surface area contributed by atoms with Crippen LogP contribution >= 0.6 is 0 Å².